The maximum Gasteiger partial charge on any atom is 0.433 e. The van der Waals surface area contributed by atoms with Crippen molar-refractivity contribution in [2.24, 2.45) is 11.3 Å². The normalized spacial score (nSPS) is 18.2. The van der Waals surface area contributed by atoms with Crippen LogP contribution in [0.5, 0.6) is 0 Å². The third-order valence-corrected chi connectivity index (χ3v) is 4.07. The molecule has 6 heteroatoms. The van der Waals surface area contributed by atoms with Crippen LogP contribution >= 0.6 is 0 Å². The molecule has 1 N–H and O–H groups in total. The number of anilines is 1. The molecule has 1 aliphatic carbocycles. The smallest absolute Gasteiger partial charge is 0.354 e. The Kier molecular flexibility index (Phi) is 4.74. The van der Waals surface area contributed by atoms with Crippen LogP contribution in [0.3, 0.4) is 0 Å². The highest BCUT2D eigenvalue weighted by atomic mass is 19.4. The summed E-state index contributed by atoms with van der Waals surface area (Å²) < 4.78 is 37.9. The summed E-state index contributed by atoms with van der Waals surface area (Å²) in [5.74, 6) is 0.646. The molecular weight excluding hydrogens is 279 g/mol. The Balaban J connectivity index is 2.04. The van der Waals surface area contributed by atoms with Crippen LogP contribution in [-0.4, -0.2) is 16.5 Å². The molecule has 1 aromatic heterocycles. The molecule has 1 saturated carbocycles. The van der Waals surface area contributed by atoms with Gasteiger partial charge in [0, 0.05) is 12.7 Å². The van der Waals surface area contributed by atoms with Gasteiger partial charge in [-0.2, -0.15) is 13.2 Å². The molecular formula is C15H22F3N3. The lowest BCUT2D eigenvalue weighted by Crippen LogP contribution is -2.29. The Morgan fingerprint density at radius 1 is 1.29 bits per heavy atom. The minimum atomic E-state index is -4.43. The van der Waals surface area contributed by atoms with Crippen LogP contribution in [0.25, 0.3) is 0 Å². The molecule has 0 amide bonds. The summed E-state index contributed by atoms with van der Waals surface area (Å²) in [4.78, 5) is 7.47. The zero-order valence-electron chi connectivity index (χ0n) is 12.5. The van der Waals surface area contributed by atoms with Gasteiger partial charge in [-0.25, -0.2) is 9.97 Å². The molecule has 0 unspecified atom stereocenters. The second-order valence-corrected chi connectivity index (χ2v) is 6.42. The summed E-state index contributed by atoms with van der Waals surface area (Å²) in [6, 6.07) is 0.893. The van der Waals surface area contributed by atoms with Crippen molar-refractivity contribution in [1.29, 1.82) is 0 Å². The van der Waals surface area contributed by atoms with Gasteiger partial charge in [0.15, 0.2) is 0 Å². The van der Waals surface area contributed by atoms with Crippen LogP contribution in [0.15, 0.2) is 12.3 Å². The summed E-state index contributed by atoms with van der Waals surface area (Å²) in [6.45, 7) is 5.01. The van der Waals surface area contributed by atoms with Gasteiger partial charge in [-0.3, -0.25) is 0 Å². The number of rotatable bonds is 5. The zero-order valence-corrected chi connectivity index (χ0v) is 12.5. The molecule has 118 valence electrons. The van der Waals surface area contributed by atoms with E-state index in [2.05, 4.69) is 29.1 Å². The maximum absolute atomic E-state index is 12.6. The molecule has 0 spiro atoms. The Morgan fingerprint density at radius 2 is 1.95 bits per heavy atom. The van der Waals surface area contributed by atoms with E-state index in [9.17, 15) is 13.2 Å². The van der Waals surface area contributed by atoms with Crippen LogP contribution in [0.2, 0.25) is 0 Å². The van der Waals surface area contributed by atoms with Gasteiger partial charge in [0.25, 0.3) is 0 Å². The molecule has 1 aromatic rings. The van der Waals surface area contributed by atoms with Crippen molar-refractivity contribution in [2.75, 3.05) is 11.9 Å². The molecule has 2 rings (SSSR count). The number of alkyl halides is 3. The number of nitrogens with zero attached hydrogens (tertiary/aromatic N) is 2. The molecule has 0 aliphatic heterocycles. The van der Waals surface area contributed by atoms with E-state index in [1.165, 1.54) is 12.8 Å². The maximum atomic E-state index is 12.6. The second-order valence-electron chi connectivity index (χ2n) is 6.42. The highest BCUT2D eigenvalue weighted by Crippen LogP contribution is 2.43. The second kappa shape index (κ2) is 6.20. The largest absolute Gasteiger partial charge is 0.433 e. The fourth-order valence-electron chi connectivity index (χ4n) is 3.31. The highest BCUT2D eigenvalue weighted by Gasteiger charge is 2.35. The summed E-state index contributed by atoms with van der Waals surface area (Å²) in [6.07, 6.45) is 2.44. The van der Waals surface area contributed by atoms with Crippen LogP contribution < -0.4 is 5.32 Å². The summed E-state index contributed by atoms with van der Waals surface area (Å²) in [5, 5.41) is 3.02. The molecule has 3 nitrogen and oxygen atoms in total. The van der Waals surface area contributed by atoms with Gasteiger partial charge in [-0.15, -0.1) is 0 Å². The van der Waals surface area contributed by atoms with Crippen molar-refractivity contribution in [3.63, 3.8) is 0 Å². The van der Waals surface area contributed by atoms with Gasteiger partial charge in [0.2, 0.25) is 5.95 Å². The standard InChI is InChI=1S/C15H22F3N3/c1-11(2)9-14(6-3-4-7-14)10-20-13-19-8-5-12(21-13)15(16,17)18/h5,8,11H,3-4,6-7,9-10H2,1-2H3,(H,19,20,21). The van der Waals surface area contributed by atoms with Gasteiger partial charge >= 0.3 is 6.18 Å². The van der Waals surface area contributed by atoms with E-state index in [1.54, 1.807) is 0 Å². The molecule has 1 heterocycles. The lowest BCUT2D eigenvalue weighted by molar-refractivity contribution is -0.141. The Bertz CT molecular complexity index is 465. The number of nitrogens with one attached hydrogen (secondary N) is 1. The number of hydrogen-bond donors (Lipinski definition) is 1. The first-order valence-electron chi connectivity index (χ1n) is 7.45. The van der Waals surface area contributed by atoms with Gasteiger partial charge in [-0.1, -0.05) is 26.7 Å². The van der Waals surface area contributed by atoms with E-state index in [1.807, 2.05) is 0 Å². The van der Waals surface area contributed by atoms with Gasteiger partial charge in [0.05, 0.1) is 0 Å². The summed E-state index contributed by atoms with van der Waals surface area (Å²) in [5.41, 5.74) is -0.726. The lowest BCUT2D eigenvalue weighted by Gasteiger charge is -2.31. The van der Waals surface area contributed by atoms with Crippen molar-refractivity contribution in [2.45, 2.75) is 52.1 Å². The number of hydrogen-bond acceptors (Lipinski definition) is 3. The predicted molar refractivity (Wildman–Crippen MR) is 75.9 cm³/mol. The van der Waals surface area contributed by atoms with E-state index < -0.39 is 11.9 Å². The number of aromatic nitrogens is 2. The molecule has 1 aliphatic rings. The average Bonchev–Trinajstić information content (AvgIpc) is 2.84. The molecule has 0 saturated heterocycles. The van der Waals surface area contributed by atoms with E-state index in [-0.39, 0.29) is 11.4 Å². The van der Waals surface area contributed by atoms with Crippen LogP contribution in [0, 0.1) is 11.3 Å². The lowest BCUT2D eigenvalue weighted by atomic mass is 9.78. The van der Waals surface area contributed by atoms with E-state index in [0.717, 1.165) is 31.5 Å². The van der Waals surface area contributed by atoms with Crippen LogP contribution in [0.4, 0.5) is 19.1 Å². The molecule has 21 heavy (non-hydrogen) atoms. The van der Waals surface area contributed by atoms with Crippen molar-refractivity contribution < 1.29 is 13.2 Å². The first-order valence-corrected chi connectivity index (χ1v) is 7.45. The predicted octanol–water partition coefficient (Wildman–Crippen LogP) is 4.51. The fourth-order valence-corrected chi connectivity index (χ4v) is 3.31. The monoisotopic (exact) mass is 301 g/mol. The molecule has 1 fully saturated rings. The summed E-state index contributed by atoms with van der Waals surface area (Å²) in [7, 11) is 0. The third-order valence-electron chi connectivity index (χ3n) is 4.07. The van der Waals surface area contributed by atoms with E-state index in [4.69, 9.17) is 0 Å². The van der Waals surface area contributed by atoms with Crippen molar-refractivity contribution >= 4 is 5.95 Å². The zero-order chi connectivity index (χ0) is 15.5. The highest BCUT2D eigenvalue weighted by molar-refractivity contribution is 5.26. The SMILES string of the molecule is CC(C)CC1(CNc2nccc(C(F)(F)F)n2)CCCC1. The van der Waals surface area contributed by atoms with Crippen LogP contribution in [0.1, 0.15) is 51.6 Å². The molecule has 0 aromatic carbocycles. The van der Waals surface area contributed by atoms with E-state index >= 15 is 0 Å². The van der Waals surface area contributed by atoms with Gasteiger partial charge in [0.1, 0.15) is 5.69 Å². The first kappa shape index (κ1) is 16.0. The first-order chi connectivity index (χ1) is 9.81. The van der Waals surface area contributed by atoms with Gasteiger partial charge in [-0.05, 0) is 36.7 Å². The quantitative estimate of drug-likeness (QED) is 0.869. The summed E-state index contributed by atoms with van der Waals surface area (Å²) >= 11 is 0. The third kappa shape index (κ3) is 4.32. The number of halogens is 3. The molecule has 0 atom stereocenters. The van der Waals surface area contributed by atoms with Crippen LogP contribution in [-0.2, 0) is 6.18 Å². The van der Waals surface area contributed by atoms with Gasteiger partial charge < -0.3 is 5.32 Å². The minimum Gasteiger partial charge on any atom is -0.354 e. The Hall–Kier alpha value is -1.33. The average molecular weight is 301 g/mol. The minimum absolute atomic E-state index is 0.0693. The Morgan fingerprint density at radius 3 is 2.52 bits per heavy atom. The fraction of sp³-hybridized carbons (Fsp3) is 0.733. The van der Waals surface area contributed by atoms with Crippen molar-refractivity contribution in [3.05, 3.63) is 18.0 Å². The van der Waals surface area contributed by atoms with Crippen molar-refractivity contribution in [1.82, 2.24) is 9.97 Å². The topological polar surface area (TPSA) is 37.8 Å². The van der Waals surface area contributed by atoms with Crippen molar-refractivity contribution in [3.8, 4) is 0 Å². The Labute approximate surface area is 123 Å². The molecule has 0 bridgehead atoms. The molecule has 0 radical (unpaired) electrons. The van der Waals surface area contributed by atoms with E-state index in [0.29, 0.717) is 12.5 Å².